The van der Waals surface area contributed by atoms with Gasteiger partial charge in [0.2, 0.25) is 17.7 Å². The van der Waals surface area contributed by atoms with E-state index >= 15 is 0 Å². The summed E-state index contributed by atoms with van der Waals surface area (Å²) in [4.78, 5) is 57.5. The molecule has 2 heterocycles. The molecule has 5 atom stereocenters. The van der Waals surface area contributed by atoms with Gasteiger partial charge in [-0.15, -0.1) is 0 Å². The lowest BCUT2D eigenvalue weighted by atomic mass is 9.84. The predicted octanol–water partition coefficient (Wildman–Crippen LogP) is 1.57. The Morgan fingerprint density at radius 3 is 2.29 bits per heavy atom. The van der Waals surface area contributed by atoms with Gasteiger partial charge in [0.15, 0.2) is 0 Å². The monoisotopic (exact) mass is 536 g/mol. The maximum Gasteiger partial charge on any atom is 0.328 e. The molecule has 0 spiro atoms. The standard InChI is InChI=1S/C28H48N4O6/c1-17(2)21(14-18(3)25(35)32-16-19(33)15-22(32)27(37)38-9)31(8)26(36)23(28(4,5)6)29-24(34)20-12-10-11-13-30(20)7/h14,17,19-23,33H,10-13,15-16H2,1-9H3,(H,29,34)/t19-,20?,21-,22+,23-/m1/s1. The van der Waals surface area contributed by atoms with E-state index in [0.717, 1.165) is 25.8 Å². The molecule has 1 unspecified atom stereocenters. The average Bonchev–Trinajstić information content (AvgIpc) is 3.24. The van der Waals surface area contributed by atoms with E-state index in [1.165, 1.54) is 12.0 Å². The molecule has 0 saturated carbocycles. The molecule has 2 rings (SSSR count). The normalized spacial score (nSPS) is 24.7. The number of β-amino-alcohol motifs (C(OH)–C–C–N with tert-alkyl or cyclic N) is 1. The number of aliphatic hydroxyl groups excluding tert-OH is 1. The van der Waals surface area contributed by atoms with E-state index < -0.39 is 35.6 Å². The van der Waals surface area contributed by atoms with E-state index in [9.17, 15) is 24.3 Å². The van der Waals surface area contributed by atoms with Gasteiger partial charge in [-0.25, -0.2) is 4.79 Å². The Balaban J connectivity index is 2.27. The van der Waals surface area contributed by atoms with E-state index in [-0.39, 0.29) is 42.6 Å². The van der Waals surface area contributed by atoms with Crippen LogP contribution in [0.25, 0.3) is 0 Å². The van der Waals surface area contributed by atoms with Crippen molar-refractivity contribution in [3.63, 3.8) is 0 Å². The Bertz CT molecular complexity index is 912. The highest BCUT2D eigenvalue weighted by Crippen LogP contribution is 2.26. The zero-order valence-electron chi connectivity index (χ0n) is 24.6. The SMILES string of the molecule is COC(=O)[C@@H]1C[C@@H](O)CN1C(=O)C(C)=C[C@H](C(C)C)N(C)C(=O)[C@@H](NC(=O)C1CCCCN1C)C(C)(C)C. The van der Waals surface area contributed by atoms with Crippen molar-refractivity contribution in [2.24, 2.45) is 11.3 Å². The summed E-state index contributed by atoms with van der Waals surface area (Å²) in [6.45, 7) is 12.2. The zero-order chi connectivity index (χ0) is 28.9. The van der Waals surface area contributed by atoms with Crippen molar-refractivity contribution in [3.8, 4) is 0 Å². The summed E-state index contributed by atoms with van der Waals surface area (Å²) >= 11 is 0. The zero-order valence-corrected chi connectivity index (χ0v) is 24.6. The molecule has 2 saturated heterocycles. The minimum Gasteiger partial charge on any atom is -0.467 e. The molecule has 0 aromatic carbocycles. The van der Waals surface area contributed by atoms with Gasteiger partial charge in [0.25, 0.3) is 0 Å². The highest BCUT2D eigenvalue weighted by Gasteiger charge is 2.41. The number of methoxy groups -OCH3 is 1. The van der Waals surface area contributed by atoms with Gasteiger partial charge in [0, 0.05) is 25.6 Å². The first kappa shape index (κ1) is 31.8. The van der Waals surface area contributed by atoms with Gasteiger partial charge in [-0.05, 0) is 44.7 Å². The number of likely N-dealkylation sites (tertiary alicyclic amines) is 2. The summed E-state index contributed by atoms with van der Waals surface area (Å²) in [7, 11) is 4.88. The number of nitrogens with one attached hydrogen (secondary N) is 1. The summed E-state index contributed by atoms with van der Waals surface area (Å²) in [6.07, 6.45) is 3.86. The van der Waals surface area contributed by atoms with Crippen molar-refractivity contribution in [1.29, 1.82) is 0 Å². The predicted molar refractivity (Wildman–Crippen MR) is 145 cm³/mol. The summed E-state index contributed by atoms with van der Waals surface area (Å²) in [6, 6.07) is -2.29. The highest BCUT2D eigenvalue weighted by atomic mass is 16.5. The molecule has 2 aliphatic rings. The molecular weight excluding hydrogens is 488 g/mol. The summed E-state index contributed by atoms with van der Waals surface area (Å²) < 4.78 is 4.82. The van der Waals surface area contributed by atoms with Crippen LogP contribution in [0, 0.1) is 11.3 Å². The van der Waals surface area contributed by atoms with Gasteiger partial charge in [-0.2, -0.15) is 0 Å². The van der Waals surface area contributed by atoms with Gasteiger partial charge in [-0.1, -0.05) is 47.1 Å². The third kappa shape index (κ3) is 7.56. The third-order valence-electron chi connectivity index (χ3n) is 7.72. The second-order valence-corrected chi connectivity index (χ2v) is 12.2. The molecule has 10 heteroatoms. The molecule has 2 fully saturated rings. The largest absolute Gasteiger partial charge is 0.467 e. The number of rotatable bonds is 8. The quantitative estimate of drug-likeness (QED) is 0.357. The minimum absolute atomic E-state index is 0.0342. The van der Waals surface area contributed by atoms with E-state index in [1.807, 2.05) is 46.6 Å². The number of amides is 3. The van der Waals surface area contributed by atoms with Crippen LogP contribution in [0.5, 0.6) is 0 Å². The number of hydrogen-bond donors (Lipinski definition) is 2. The van der Waals surface area contributed by atoms with Gasteiger partial charge < -0.3 is 25.0 Å². The Labute approximate surface area is 227 Å². The number of esters is 1. The molecule has 38 heavy (non-hydrogen) atoms. The van der Waals surface area contributed by atoms with Gasteiger partial charge in [0.05, 0.1) is 25.3 Å². The molecule has 2 aliphatic heterocycles. The molecule has 0 radical (unpaired) electrons. The van der Waals surface area contributed by atoms with Crippen LogP contribution >= 0.6 is 0 Å². The average molecular weight is 537 g/mol. The summed E-state index contributed by atoms with van der Waals surface area (Å²) in [5.41, 5.74) is -0.171. The van der Waals surface area contributed by atoms with Crippen LogP contribution in [0.2, 0.25) is 0 Å². The van der Waals surface area contributed by atoms with Crippen molar-refractivity contribution in [1.82, 2.24) is 20.0 Å². The molecule has 0 bridgehead atoms. The van der Waals surface area contributed by atoms with Gasteiger partial charge in [-0.3, -0.25) is 19.3 Å². The fraction of sp³-hybridized carbons (Fsp3) is 0.786. The lowest BCUT2D eigenvalue weighted by Crippen LogP contribution is -2.59. The summed E-state index contributed by atoms with van der Waals surface area (Å²) in [5.74, 6) is -1.36. The Morgan fingerprint density at radius 1 is 1.13 bits per heavy atom. The van der Waals surface area contributed by atoms with Crippen LogP contribution in [-0.2, 0) is 23.9 Å². The topological polar surface area (TPSA) is 119 Å². The maximum atomic E-state index is 13.8. The maximum absolute atomic E-state index is 13.8. The molecule has 3 amide bonds. The number of aliphatic hydroxyl groups is 1. The molecule has 10 nitrogen and oxygen atoms in total. The van der Waals surface area contributed by atoms with E-state index in [2.05, 4.69) is 5.32 Å². The van der Waals surface area contributed by atoms with E-state index in [4.69, 9.17) is 4.74 Å². The molecule has 0 aliphatic carbocycles. The Hall–Kier alpha value is -2.46. The van der Waals surface area contributed by atoms with Crippen molar-refractivity contribution in [2.75, 3.05) is 34.3 Å². The number of ether oxygens (including phenoxy) is 1. The molecule has 0 aromatic heterocycles. The fourth-order valence-electron chi connectivity index (χ4n) is 5.35. The van der Waals surface area contributed by atoms with Gasteiger partial charge in [0.1, 0.15) is 12.1 Å². The molecule has 216 valence electrons. The second-order valence-electron chi connectivity index (χ2n) is 12.2. The van der Waals surface area contributed by atoms with Crippen molar-refractivity contribution < 1.29 is 29.0 Å². The van der Waals surface area contributed by atoms with Crippen LogP contribution in [0.1, 0.15) is 67.2 Å². The van der Waals surface area contributed by atoms with Crippen LogP contribution < -0.4 is 5.32 Å². The molecule has 0 aromatic rings. The molecular formula is C28H48N4O6. The first-order valence-corrected chi connectivity index (χ1v) is 13.6. The van der Waals surface area contributed by atoms with Crippen LogP contribution in [-0.4, -0.2) is 108 Å². The fourth-order valence-corrected chi connectivity index (χ4v) is 5.35. The van der Waals surface area contributed by atoms with E-state index in [0.29, 0.717) is 5.57 Å². The minimum atomic E-state index is -0.846. The van der Waals surface area contributed by atoms with Crippen molar-refractivity contribution >= 4 is 23.7 Å². The van der Waals surface area contributed by atoms with Crippen LogP contribution in [0.3, 0.4) is 0 Å². The first-order valence-electron chi connectivity index (χ1n) is 13.6. The van der Waals surface area contributed by atoms with Gasteiger partial charge >= 0.3 is 5.97 Å². The number of piperidine rings is 1. The lowest BCUT2D eigenvalue weighted by Gasteiger charge is -2.39. The highest BCUT2D eigenvalue weighted by molar-refractivity contribution is 5.96. The van der Waals surface area contributed by atoms with Crippen LogP contribution in [0.15, 0.2) is 11.6 Å². The lowest BCUT2D eigenvalue weighted by molar-refractivity contribution is -0.149. The number of carbonyl (C=O) groups excluding carboxylic acids is 4. The Morgan fingerprint density at radius 2 is 1.76 bits per heavy atom. The summed E-state index contributed by atoms with van der Waals surface area (Å²) in [5, 5.41) is 13.1. The number of hydrogen-bond acceptors (Lipinski definition) is 7. The van der Waals surface area contributed by atoms with Crippen molar-refractivity contribution in [3.05, 3.63) is 11.6 Å². The number of carbonyl (C=O) groups is 4. The van der Waals surface area contributed by atoms with Crippen molar-refractivity contribution in [2.45, 2.75) is 97.5 Å². The van der Waals surface area contributed by atoms with Crippen LogP contribution in [0.4, 0.5) is 0 Å². The number of likely N-dealkylation sites (N-methyl/N-ethyl adjacent to an activating group) is 2. The third-order valence-corrected chi connectivity index (χ3v) is 7.72. The first-order chi connectivity index (χ1) is 17.6. The molecule has 2 N–H and O–H groups in total. The van der Waals surface area contributed by atoms with E-state index in [1.54, 1.807) is 24.9 Å². The smallest absolute Gasteiger partial charge is 0.328 e. The second kappa shape index (κ2) is 13.1. The number of nitrogens with zero attached hydrogens (tertiary/aromatic N) is 3. The Kier molecular flexibility index (Phi) is 10.9.